The lowest BCUT2D eigenvalue weighted by Crippen LogP contribution is -2.09. The quantitative estimate of drug-likeness (QED) is 0.293. The van der Waals surface area contributed by atoms with Crippen LogP contribution in [-0.4, -0.2) is 41.0 Å². The van der Waals surface area contributed by atoms with Gasteiger partial charge in [-0.2, -0.15) is 9.49 Å². The molecule has 1 amide bonds. The van der Waals surface area contributed by atoms with E-state index in [1.165, 1.54) is 24.7 Å². The maximum absolute atomic E-state index is 15.9. The summed E-state index contributed by atoms with van der Waals surface area (Å²) in [7, 11) is 0. The number of nitrogens with zero attached hydrogens (tertiary/aromatic N) is 5. The molecule has 0 fully saturated rings. The molecule has 6 rings (SSSR count). The molecule has 36 heavy (non-hydrogen) atoms. The first-order valence-corrected chi connectivity index (χ1v) is 11.7. The number of halogens is 2. The number of nitrogens with one attached hydrogen (secondary N) is 3. The van der Waals surface area contributed by atoms with Crippen LogP contribution in [0.1, 0.15) is 13.3 Å². The Hall–Kier alpha value is -4.58. The maximum atomic E-state index is 15.9. The van der Waals surface area contributed by atoms with E-state index in [1.807, 2.05) is 0 Å². The Balaban J connectivity index is 1.47. The number of imidazole rings is 1. The number of rotatable bonds is 5. The molecule has 0 atom stereocenters. The van der Waals surface area contributed by atoms with Gasteiger partial charge in [0.2, 0.25) is 5.91 Å². The van der Waals surface area contributed by atoms with Crippen LogP contribution >= 0.6 is 11.3 Å². The zero-order valence-corrected chi connectivity index (χ0v) is 19.5. The monoisotopic (exact) mass is 502 g/mol. The Morgan fingerprint density at radius 3 is 2.81 bits per heavy atom. The second-order valence-corrected chi connectivity index (χ2v) is 8.92. The molecule has 0 saturated carbocycles. The van der Waals surface area contributed by atoms with Crippen molar-refractivity contribution in [3.63, 3.8) is 0 Å². The summed E-state index contributed by atoms with van der Waals surface area (Å²) in [5.74, 6) is -0.435. The molecule has 3 N–H and O–H groups in total. The number of thiophene rings is 1. The average Bonchev–Trinajstić information content (AvgIpc) is 3.62. The Morgan fingerprint density at radius 2 is 2.00 bits per heavy atom. The number of carbonyl (C=O) groups is 1. The van der Waals surface area contributed by atoms with Gasteiger partial charge in [0.15, 0.2) is 16.6 Å². The minimum absolute atomic E-state index is 0.145. The summed E-state index contributed by atoms with van der Waals surface area (Å²) in [5.41, 5.74) is 3.24. The Labute approximate surface area is 205 Å². The van der Waals surface area contributed by atoms with Gasteiger partial charge in [0, 0.05) is 36.1 Å². The molecule has 9 nitrogen and oxygen atoms in total. The normalized spacial score (nSPS) is 11.4. The van der Waals surface area contributed by atoms with E-state index in [1.54, 1.807) is 31.3 Å². The lowest BCUT2D eigenvalue weighted by molar-refractivity contribution is -0.115. The van der Waals surface area contributed by atoms with Gasteiger partial charge in [0.1, 0.15) is 22.7 Å². The van der Waals surface area contributed by atoms with Gasteiger partial charge in [-0.25, -0.2) is 14.4 Å². The van der Waals surface area contributed by atoms with E-state index in [0.717, 1.165) is 11.3 Å². The number of aromatic nitrogens is 7. The van der Waals surface area contributed by atoms with Gasteiger partial charge >= 0.3 is 0 Å². The number of carbonyl (C=O) groups excluding carboxylic acids is 1. The lowest BCUT2D eigenvalue weighted by atomic mass is 10.1. The summed E-state index contributed by atoms with van der Waals surface area (Å²) >= 11 is 0.966. The lowest BCUT2D eigenvalue weighted by Gasteiger charge is -2.07. The zero-order chi connectivity index (χ0) is 24.8. The maximum Gasteiger partial charge on any atom is 0.224 e. The molecule has 0 aliphatic rings. The van der Waals surface area contributed by atoms with E-state index >= 15 is 4.39 Å². The molecule has 0 spiro atoms. The highest BCUT2D eigenvalue weighted by molar-refractivity contribution is 7.13. The van der Waals surface area contributed by atoms with Crippen LogP contribution in [0, 0.1) is 10.9 Å². The number of aromatic amines is 2. The third-order valence-corrected chi connectivity index (χ3v) is 6.49. The van der Waals surface area contributed by atoms with Gasteiger partial charge in [-0.3, -0.25) is 19.9 Å². The predicted molar refractivity (Wildman–Crippen MR) is 132 cm³/mol. The van der Waals surface area contributed by atoms with Gasteiger partial charge in [-0.15, -0.1) is 11.3 Å². The average molecular weight is 503 g/mol. The molecule has 178 valence electrons. The van der Waals surface area contributed by atoms with Crippen LogP contribution in [0.3, 0.4) is 0 Å². The Bertz CT molecular complexity index is 1770. The third kappa shape index (κ3) is 3.67. The second-order valence-electron chi connectivity index (χ2n) is 7.89. The Morgan fingerprint density at radius 1 is 1.11 bits per heavy atom. The molecule has 0 aromatic carbocycles. The van der Waals surface area contributed by atoms with Crippen molar-refractivity contribution in [2.24, 2.45) is 0 Å². The van der Waals surface area contributed by atoms with Crippen molar-refractivity contribution in [3.05, 3.63) is 60.0 Å². The van der Waals surface area contributed by atoms with Crippen molar-refractivity contribution in [3.8, 4) is 33.2 Å². The number of hydrogen-bond acceptors (Lipinski definition) is 7. The largest absolute Gasteiger partial charge is 0.336 e. The number of hydrogen-bond donors (Lipinski definition) is 3. The highest BCUT2D eigenvalue weighted by Crippen LogP contribution is 2.35. The van der Waals surface area contributed by atoms with Gasteiger partial charge < -0.3 is 10.3 Å². The number of H-pyrrole nitrogens is 2. The molecule has 6 aromatic heterocycles. The third-order valence-electron chi connectivity index (χ3n) is 5.61. The van der Waals surface area contributed by atoms with Crippen molar-refractivity contribution in [2.75, 3.05) is 5.32 Å². The molecule has 0 saturated heterocycles. The topological polar surface area (TPSA) is 125 Å². The van der Waals surface area contributed by atoms with E-state index in [4.69, 9.17) is 0 Å². The summed E-state index contributed by atoms with van der Waals surface area (Å²) in [5, 5.41) is 9.54. The van der Waals surface area contributed by atoms with Crippen LogP contribution < -0.4 is 5.32 Å². The molecule has 0 bridgehead atoms. The molecular weight excluding hydrogens is 486 g/mol. The second kappa shape index (κ2) is 8.57. The zero-order valence-electron chi connectivity index (χ0n) is 18.6. The molecule has 0 aliphatic heterocycles. The van der Waals surface area contributed by atoms with Gasteiger partial charge in [0.25, 0.3) is 0 Å². The summed E-state index contributed by atoms with van der Waals surface area (Å²) in [6, 6.07) is 6.37. The molecule has 12 heteroatoms. The van der Waals surface area contributed by atoms with Crippen LogP contribution in [0.5, 0.6) is 0 Å². The fraction of sp³-hybridized carbons (Fsp3) is 0.0833. The first kappa shape index (κ1) is 21.9. The number of anilines is 1. The molecule has 0 aliphatic carbocycles. The predicted octanol–water partition coefficient (Wildman–Crippen LogP) is 5.31. The summed E-state index contributed by atoms with van der Waals surface area (Å²) < 4.78 is 29.5. The summed E-state index contributed by atoms with van der Waals surface area (Å²) in [6.45, 7) is 1.74. The van der Waals surface area contributed by atoms with Crippen LogP contribution in [0.25, 0.3) is 55.3 Å². The summed E-state index contributed by atoms with van der Waals surface area (Å²) in [4.78, 5) is 33.0. The first-order chi connectivity index (χ1) is 17.5. The van der Waals surface area contributed by atoms with Gasteiger partial charge in [-0.1, -0.05) is 6.92 Å². The van der Waals surface area contributed by atoms with E-state index in [-0.39, 0.29) is 33.3 Å². The summed E-state index contributed by atoms with van der Waals surface area (Å²) in [6.07, 6.45) is 6.27. The number of amides is 1. The van der Waals surface area contributed by atoms with Crippen molar-refractivity contribution >= 4 is 45.0 Å². The molecule has 6 heterocycles. The molecule has 0 unspecified atom stereocenters. The minimum Gasteiger partial charge on any atom is -0.336 e. The van der Waals surface area contributed by atoms with Crippen molar-refractivity contribution in [1.29, 1.82) is 0 Å². The standard InChI is InChI=1S/C24H16F2N8OS/c1-2-17(35)30-12-7-11(8-27-9-12)13-10-29-23-18(19(13)26)22(33-34-23)24-31-14-5-6-28-21(20(14)32-24)15-3-4-16(25)36-15/h3-10H,2H2,1H3,(H,30,35)(H,31,32)(H,29,33,34). The van der Waals surface area contributed by atoms with E-state index in [9.17, 15) is 9.18 Å². The molecule has 6 aromatic rings. The van der Waals surface area contributed by atoms with Gasteiger partial charge in [0.05, 0.1) is 27.7 Å². The van der Waals surface area contributed by atoms with Crippen LogP contribution in [0.2, 0.25) is 0 Å². The highest BCUT2D eigenvalue weighted by Gasteiger charge is 2.22. The minimum atomic E-state index is -0.566. The fourth-order valence-corrected chi connectivity index (χ4v) is 4.63. The van der Waals surface area contributed by atoms with Crippen LogP contribution in [-0.2, 0) is 4.79 Å². The highest BCUT2D eigenvalue weighted by atomic mass is 32.1. The Kier molecular flexibility index (Phi) is 5.22. The van der Waals surface area contributed by atoms with Crippen LogP contribution in [0.15, 0.2) is 49.1 Å². The van der Waals surface area contributed by atoms with Gasteiger partial charge in [-0.05, 0) is 24.3 Å². The van der Waals surface area contributed by atoms with E-state index in [0.29, 0.717) is 45.1 Å². The van der Waals surface area contributed by atoms with E-state index in [2.05, 4.69) is 40.4 Å². The fourth-order valence-electron chi connectivity index (χ4n) is 3.90. The number of pyridine rings is 3. The van der Waals surface area contributed by atoms with E-state index < -0.39 is 5.82 Å². The smallest absolute Gasteiger partial charge is 0.224 e. The van der Waals surface area contributed by atoms with Crippen molar-refractivity contribution in [1.82, 2.24) is 35.1 Å². The molecule has 0 radical (unpaired) electrons. The number of fused-ring (bicyclic) bond motifs is 2. The first-order valence-electron chi connectivity index (χ1n) is 10.9. The molecular formula is C24H16F2N8OS. The van der Waals surface area contributed by atoms with Crippen molar-refractivity contribution < 1.29 is 13.6 Å². The van der Waals surface area contributed by atoms with Crippen molar-refractivity contribution in [2.45, 2.75) is 13.3 Å². The van der Waals surface area contributed by atoms with Crippen LogP contribution in [0.4, 0.5) is 14.5 Å². The SMILES string of the molecule is CCC(=O)Nc1cncc(-c2cnc3[nH]nc(-c4nc5c(-c6ccc(F)s6)nccc5[nH]4)c3c2F)c1.